The highest BCUT2D eigenvalue weighted by atomic mass is 16.3. The summed E-state index contributed by atoms with van der Waals surface area (Å²) >= 11 is 0. The van der Waals surface area contributed by atoms with Crippen molar-refractivity contribution in [2.24, 2.45) is 0 Å². The van der Waals surface area contributed by atoms with E-state index in [1.54, 1.807) is 0 Å². The second-order valence-electron chi connectivity index (χ2n) is 14.1. The van der Waals surface area contributed by atoms with Crippen LogP contribution in [-0.4, -0.2) is 0 Å². The lowest BCUT2D eigenvalue weighted by molar-refractivity contribution is 0.670. The molecule has 56 heavy (non-hydrogen) atoms. The topological polar surface area (TPSA) is 16.4 Å². The molecule has 0 radical (unpaired) electrons. The summed E-state index contributed by atoms with van der Waals surface area (Å²) in [6.07, 6.45) is 0. The Morgan fingerprint density at radius 3 is 1.27 bits per heavy atom. The van der Waals surface area contributed by atoms with Crippen LogP contribution < -0.4 is 4.90 Å². The van der Waals surface area contributed by atoms with E-state index >= 15 is 0 Å². The number of rotatable bonds is 8. The molecule has 10 rings (SSSR count). The predicted octanol–water partition coefficient (Wildman–Crippen LogP) is 15.4. The normalized spacial score (nSPS) is 11.2. The zero-order valence-corrected chi connectivity index (χ0v) is 30.7. The van der Waals surface area contributed by atoms with Crippen molar-refractivity contribution in [1.82, 2.24) is 0 Å². The zero-order valence-electron chi connectivity index (χ0n) is 30.7. The van der Waals surface area contributed by atoms with E-state index in [1.165, 1.54) is 44.5 Å². The van der Waals surface area contributed by atoms with Crippen molar-refractivity contribution in [3.8, 4) is 55.6 Å². The largest absolute Gasteiger partial charge is 0.455 e. The summed E-state index contributed by atoms with van der Waals surface area (Å²) in [6, 6.07) is 80.0. The van der Waals surface area contributed by atoms with Crippen LogP contribution in [0.4, 0.5) is 17.1 Å². The minimum Gasteiger partial charge on any atom is -0.455 e. The Kier molecular flexibility index (Phi) is 8.55. The highest BCUT2D eigenvalue weighted by molar-refractivity contribution is 6.09. The molecule has 1 aromatic heterocycles. The van der Waals surface area contributed by atoms with Crippen molar-refractivity contribution in [1.29, 1.82) is 0 Å². The van der Waals surface area contributed by atoms with Gasteiger partial charge in [0.25, 0.3) is 0 Å². The first-order valence-electron chi connectivity index (χ1n) is 19.1. The highest BCUT2D eigenvalue weighted by Gasteiger charge is 2.17. The van der Waals surface area contributed by atoms with Gasteiger partial charge in [0.15, 0.2) is 0 Å². The number of fused-ring (bicyclic) bond motifs is 3. The van der Waals surface area contributed by atoms with Gasteiger partial charge >= 0.3 is 0 Å². The molecule has 0 aliphatic carbocycles. The quantitative estimate of drug-likeness (QED) is 0.156. The Hall–Kier alpha value is -7.42. The molecule has 0 unspecified atom stereocenters. The van der Waals surface area contributed by atoms with Gasteiger partial charge in [0.2, 0.25) is 0 Å². The van der Waals surface area contributed by atoms with Crippen LogP contribution in [-0.2, 0) is 0 Å². The summed E-state index contributed by atoms with van der Waals surface area (Å²) in [6.45, 7) is 0. The van der Waals surface area contributed by atoms with Crippen molar-refractivity contribution in [2.45, 2.75) is 0 Å². The molecular formula is C54H37NO. The second kappa shape index (κ2) is 14.4. The van der Waals surface area contributed by atoms with E-state index in [0.717, 1.165) is 50.1 Å². The highest BCUT2D eigenvalue weighted by Crippen LogP contribution is 2.41. The van der Waals surface area contributed by atoms with Crippen molar-refractivity contribution in [2.75, 3.05) is 4.90 Å². The Bertz CT molecular complexity index is 2930. The molecular weight excluding hydrogens is 679 g/mol. The fourth-order valence-corrected chi connectivity index (χ4v) is 7.92. The van der Waals surface area contributed by atoms with E-state index in [4.69, 9.17) is 4.42 Å². The van der Waals surface area contributed by atoms with Crippen LogP contribution in [0.25, 0.3) is 77.6 Å². The monoisotopic (exact) mass is 715 g/mol. The number of benzene rings is 9. The third-order valence-corrected chi connectivity index (χ3v) is 10.7. The molecule has 0 saturated heterocycles. The standard InChI is InChI=1S/C54H37NO/c1-3-13-38(14-4-1)43-17-11-18-44(37-43)39-25-31-45(32-26-39)55(46-33-27-41(28-34-46)49-20-8-7-19-48(49)40-15-5-2-6-16-40)47-35-29-42(30-36-47)50-22-12-23-52-51-21-9-10-24-53(51)56-54(50)52/h1-37H. The summed E-state index contributed by atoms with van der Waals surface area (Å²) in [5, 5.41) is 2.27. The first-order chi connectivity index (χ1) is 27.8. The lowest BCUT2D eigenvalue weighted by atomic mass is 9.94. The van der Waals surface area contributed by atoms with Crippen LogP contribution >= 0.6 is 0 Å². The van der Waals surface area contributed by atoms with E-state index in [9.17, 15) is 0 Å². The van der Waals surface area contributed by atoms with E-state index in [1.807, 2.05) is 12.1 Å². The molecule has 9 aromatic carbocycles. The van der Waals surface area contributed by atoms with Gasteiger partial charge in [0, 0.05) is 33.4 Å². The predicted molar refractivity (Wildman–Crippen MR) is 236 cm³/mol. The number of nitrogens with zero attached hydrogens (tertiary/aromatic N) is 1. The van der Waals surface area contributed by atoms with Gasteiger partial charge in [-0.1, -0.05) is 176 Å². The maximum Gasteiger partial charge on any atom is 0.143 e. The van der Waals surface area contributed by atoms with Crippen molar-refractivity contribution in [3.63, 3.8) is 0 Å². The third kappa shape index (κ3) is 6.24. The first kappa shape index (κ1) is 33.2. The van der Waals surface area contributed by atoms with Gasteiger partial charge in [-0.2, -0.15) is 0 Å². The van der Waals surface area contributed by atoms with Crippen molar-refractivity contribution >= 4 is 39.0 Å². The van der Waals surface area contributed by atoms with Gasteiger partial charge < -0.3 is 9.32 Å². The van der Waals surface area contributed by atoms with Crippen LogP contribution in [0.2, 0.25) is 0 Å². The number of anilines is 3. The molecule has 0 bridgehead atoms. The fraction of sp³-hybridized carbons (Fsp3) is 0. The average molecular weight is 716 g/mol. The van der Waals surface area contributed by atoms with Gasteiger partial charge in [-0.3, -0.25) is 0 Å². The minimum atomic E-state index is 0.905. The SMILES string of the molecule is c1ccc(-c2cccc(-c3ccc(N(c4ccc(-c5ccccc5-c5ccccc5)cc4)c4ccc(-c5cccc6c5oc5ccccc56)cc4)cc3)c2)cc1. The summed E-state index contributed by atoms with van der Waals surface area (Å²) < 4.78 is 6.41. The molecule has 264 valence electrons. The van der Waals surface area contributed by atoms with Gasteiger partial charge in [-0.05, 0) is 98.6 Å². The lowest BCUT2D eigenvalue weighted by Crippen LogP contribution is -2.09. The average Bonchev–Trinajstić information content (AvgIpc) is 3.67. The summed E-state index contributed by atoms with van der Waals surface area (Å²) in [5.41, 5.74) is 16.9. The Morgan fingerprint density at radius 2 is 0.661 bits per heavy atom. The minimum absolute atomic E-state index is 0.905. The van der Waals surface area contributed by atoms with Crippen LogP contribution in [0, 0.1) is 0 Å². The smallest absolute Gasteiger partial charge is 0.143 e. The molecule has 10 aromatic rings. The fourth-order valence-electron chi connectivity index (χ4n) is 7.92. The van der Waals surface area contributed by atoms with Crippen molar-refractivity contribution < 1.29 is 4.42 Å². The summed E-state index contributed by atoms with van der Waals surface area (Å²) in [4.78, 5) is 2.34. The van der Waals surface area contributed by atoms with Gasteiger partial charge in [-0.15, -0.1) is 0 Å². The van der Waals surface area contributed by atoms with Crippen LogP contribution in [0.1, 0.15) is 0 Å². The maximum absolute atomic E-state index is 6.41. The molecule has 2 nitrogen and oxygen atoms in total. The van der Waals surface area contributed by atoms with E-state index in [0.29, 0.717) is 0 Å². The number of furan rings is 1. The summed E-state index contributed by atoms with van der Waals surface area (Å²) in [5.74, 6) is 0. The molecule has 0 saturated carbocycles. The first-order valence-corrected chi connectivity index (χ1v) is 19.1. The molecule has 0 aliphatic rings. The molecule has 2 heteroatoms. The van der Waals surface area contributed by atoms with Gasteiger partial charge in [0.05, 0.1) is 0 Å². The third-order valence-electron chi connectivity index (χ3n) is 10.7. The number of para-hydroxylation sites is 2. The maximum atomic E-state index is 6.41. The molecule has 0 spiro atoms. The van der Waals surface area contributed by atoms with Gasteiger partial charge in [0.1, 0.15) is 11.2 Å². The molecule has 0 N–H and O–H groups in total. The molecule has 0 aliphatic heterocycles. The Labute approximate surface area is 327 Å². The van der Waals surface area contributed by atoms with E-state index in [2.05, 4.69) is 217 Å². The van der Waals surface area contributed by atoms with Crippen molar-refractivity contribution in [3.05, 3.63) is 224 Å². The van der Waals surface area contributed by atoms with Crippen LogP contribution in [0.5, 0.6) is 0 Å². The van der Waals surface area contributed by atoms with Crippen LogP contribution in [0.15, 0.2) is 229 Å². The molecule has 0 atom stereocenters. The molecule has 1 heterocycles. The number of hydrogen-bond acceptors (Lipinski definition) is 2. The van der Waals surface area contributed by atoms with E-state index < -0.39 is 0 Å². The molecule has 0 amide bonds. The molecule has 0 fully saturated rings. The Morgan fingerprint density at radius 1 is 0.268 bits per heavy atom. The second-order valence-corrected chi connectivity index (χ2v) is 14.1. The lowest BCUT2D eigenvalue weighted by Gasteiger charge is -2.26. The Balaban J connectivity index is 1.03. The number of hydrogen-bond donors (Lipinski definition) is 0. The van der Waals surface area contributed by atoms with E-state index in [-0.39, 0.29) is 0 Å². The van der Waals surface area contributed by atoms with Gasteiger partial charge in [-0.25, -0.2) is 0 Å². The summed E-state index contributed by atoms with van der Waals surface area (Å²) in [7, 11) is 0. The van der Waals surface area contributed by atoms with Crippen LogP contribution in [0.3, 0.4) is 0 Å². The zero-order chi connectivity index (χ0) is 37.3.